The summed E-state index contributed by atoms with van der Waals surface area (Å²) in [6.07, 6.45) is 9.26. The second-order valence-corrected chi connectivity index (χ2v) is 8.06. The molecule has 0 radical (unpaired) electrons. The first-order valence-corrected chi connectivity index (χ1v) is 8.73. The molecule has 1 aliphatic heterocycles. The molecular formula is C18H37NO. The molecule has 0 aromatic heterocycles. The summed E-state index contributed by atoms with van der Waals surface area (Å²) >= 11 is 0. The van der Waals surface area contributed by atoms with Gasteiger partial charge in [-0.15, -0.1) is 0 Å². The van der Waals surface area contributed by atoms with E-state index >= 15 is 0 Å². The number of rotatable bonds is 1. The Morgan fingerprint density at radius 2 is 1.40 bits per heavy atom. The average Bonchev–Trinajstić information content (AvgIpc) is 2.40. The number of hydrogen-bond donors (Lipinski definition) is 1. The van der Waals surface area contributed by atoms with E-state index in [1.165, 1.54) is 32.1 Å². The van der Waals surface area contributed by atoms with Gasteiger partial charge >= 0.3 is 0 Å². The summed E-state index contributed by atoms with van der Waals surface area (Å²) in [6.45, 7) is 13.7. The molecule has 0 spiro atoms. The Kier molecular flexibility index (Phi) is 7.53. The van der Waals surface area contributed by atoms with Gasteiger partial charge in [0, 0.05) is 19.1 Å². The zero-order chi connectivity index (χ0) is 15.2. The van der Waals surface area contributed by atoms with Crippen LogP contribution in [0, 0.1) is 11.3 Å². The minimum absolute atomic E-state index is 0.0324. The van der Waals surface area contributed by atoms with Crippen LogP contribution >= 0.6 is 0 Å². The van der Waals surface area contributed by atoms with Gasteiger partial charge in [0.1, 0.15) is 0 Å². The van der Waals surface area contributed by atoms with E-state index in [1.807, 2.05) is 0 Å². The molecule has 1 N–H and O–H groups in total. The minimum atomic E-state index is -0.0324. The zero-order valence-electron chi connectivity index (χ0n) is 14.5. The standard InChI is InChI=1S/C10H20.C8H17NO/c1-10(2,3)9-7-5-4-6-8-9;1-7(2)9-5-3-8(10)4-6-9/h9H,4-8H2,1-3H3;7-8,10H,3-6H2,1-2H3. The number of likely N-dealkylation sites (tertiary alicyclic amines) is 1. The summed E-state index contributed by atoms with van der Waals surface area (Å²) in [7, 11) is 0. The van der Waals surface area contributed by atoms with E-state index in [2.05, 4.69) is 39.5 Å². The van der Waals surface area contributed by atoms with E-state index in [0.717, 1.165) is 31.8 Å². The Morgan fingerprint density at radius 1 is 0.900 bits per heavy atom. The van der Waals surface area contributed by atoms with Crippen LogP contribution in [0.5, 0.6) is 0 Å². The van der Waals surface area contributed by atoms with Gasteiger partial charge < -0.3 is 10.0 Å². The third kappa shape index (κ3) is 6.58. The van der Waals surface area contributed by atoms with Crippen molar-refractivity contribution >= 4 is 0 Å². The molecule has 1 saturated heterocycles. The maximum atomic E-state index is 9.18. The van der Waals surface area contributed by atoms with E-state index in [4.69, 9.17) is 0 Å². The molecule has 0 aromatic carbocycles. The number of hydrogen-bond acceptors (Lipinski definition) is 2. The van der Waals surface area contributed by atoms with Gasteiger partial charge in [-0.1, -0.05) is 40.0 Å². The van der Waals surface area contributed by atoms with E-state index in [0.29, 0.717) is 11.5 Å². The molecule has 2 aliphatic rings. The molecular weight excluding hydrogens is 246 g/mol. The lowest BCUT2D eigenvalue weighted by Crippen LogP contribution is -2.39. The van der Waals surface area contributed by atoms with E-state index in [1.54, 1.807) is 0 Å². The molecule has 0 amide bonds. The van der Waals surface area contributed by atoms with Crippen molar-refractivity contribution in [3.63, 3.8) is 0 Å². The van der Waals surface area contributed by atoms with Crippen LogP contribution in [0.15, 0.2) is 0 Å². The quantitative estimate of drug-likeness (QED) is 0.768. The van der Waals surface area contributed by atoms with Gasteiger partial charge in [-0.05, 0) is 50.9 Å². The summed E-state index contributed by atoms with van der Waals surface area (Å²) in [5.41, 5.74) is 0.570. The summed E-state index contributed by atoms with van der Waals surface area (Å²) in [6, 6.07) is 0.646. The Hall–Kier alpha value is -0.0800. The van der Waals surface area contributed by atoms with Crippen LogP contribution in [0.1, 0.15) is 79.6 Å². The molecule has 2 rings (SSSR count). The topological polar surface area (TPSA) is 23.5 Å². The highest BCUT2D eigenvalue weighted by Crippen LogP contribution is 2.37. The smallest absolute Gasteiger partial charge is 0.0564 e. The third-order valence-corrected chi connectivity index (χ3v) is 5.06. The summed E-state index contributed by atoms with van der Waals surface area (Å²) in [5.74, 6) is 1.00. The van der Waals surface area contributed by atoms with Crippen molar-refractivity contribution in [1.29, 1.82) is 0 Å². The van der Waals surface area contributed by atoms with Crippen LogP contribution < -0.4 is 0 Å². The van der Waals surface area contributed by atoms with Crippen LogP contribution in [0.4, 0.5) is 0 Å². The summed E-state index contributed by atoms with van der Waals surface area (Å²) in [4.78, 5) is 2.41. The lowest BCUT2D eigenvalue weighted by Gasteiger charge is -2.33. The fourth-order valence-corrected chi connectivity index (χ4v) is 3.37. The average molecular weight is 284 g/mol. The molecule has 1 heterocycles. The van der Waals surface area contributed by atoms with Gasteiger partial charge in [0.15, 0.2) is 0 Å². The monoisotopic (exact) mass is 283 g/mol. The normalized spacial score (nSPS) is 23.6. The van der Waals surface area contributed by atoms with Gasteiger partial charge in [0.2, 0.25) is 0 Å². The van der Waals surface area contributed by atoms with E-state index in [9.17, 15) is 5.11 Å². The SMILES string of the molecule is CC(C)(C)C1CCCCC1.CC(C)N1CCC(O)CC1. The number of aliphatic hydroxyl groups is 1. The van der Waals surface area contributed by atoms with Crippen molar-refractivity contribution in [2.24, 2.45) is 11.3 Å². The molecule has 0 bridgehead atoms. The van der Waals surface area contributed by atoms with Gasteiger partial charge in [0.25, 0.3) is 0 Å². The number of piperidine rings is 1. The highest BCUT2D eigenvalue weighted by molar-refractivity contribution is 4.76. The highest BCUT2D eigenvalue weighted by atomic mass is 16.3. The third-order valence-electron chi connectivity index (χ3n) is 5.06. The Bertz CT molecular complexity index is 243. The lowest BCUT2D eigenvalue weighted by molar-refractivity contribution is 0.0685. The van der Waals surface area contributed by atoms with Gasteiger partial charge in [-0.2, -0.15) is 0 Å². The molecule has 0 unspecified atom stereocenters. The molecule has 1 saturated carbocycles. The molecule has 20 heavy (non-hydrogen) atoms. The second-order valence-electron chi connectivity index (χ2n) is 8.06. The van der Waals surface area contributed by atoms with Crippen LogP contribution in [0.3, 0.4) is 0 Å². The largest absolute Gasteiger partial charge is 0.393 e. The zero-order valence-corrected chi connectivity index (χ0v) is 14.5. The van der Waals surface area contributed by atoms with Crippen LogP contribution in [0.2, 0.25) is 0 Å². The first-order chi connectivity index (χ1) is 9.30. The van der Waals surface area contributed by atoms with Crippen molar-refractivity contribution in [1.82, 2.24) is 4.90 Å². The predicted molar refractivity (Wildman–Crippen MR) is 88.0 cm³/mol. The molecule has 0 atom stereocenters. The summed E-state index contributed by atoms with van der Waals surface area (Å²) in [5, 5.41) is 9.18. The van der Waals surface area contributed by atoms with Crippen LogP contribution in [-0.2, 0) is 0 Å². The van der Waals surface area contributed by atoms with Crippen molar-refractivity contribution in [2.75, 3.05) is 13.1 Å². The minimum Gasteiger partial charge on any atom is -0.393 e. The maximum Gasteiger partial charge on any atom is 0.0564 e. The van der Waals surface area contributed by atoms with Crippen molar-refractivity contribution in [3.8, 4) is 0 Å². The lowest BCUT2D eigenvalue weighted by atomic mass is 9.72. The Morgan fingerprint density at radius 3 is 1.75 bits per heavy atom. The molecule has 2 nitrogen and oxygen atoms in total. The maximum absolute atomic E-state index is 9.18. The first kappa shape index (κ1) is 18.0. The van der Waals surface area contributed by atoms with E-state index < -0.39 is 0 Å². The van der Waals surface area contributed by atoms with Crippen LogP contribution in [0.25, 0.3) is 0 Å². The van der Waals surface area contributed by atoms with E-state index in [-0.39, 0.29) is 6.10 Å². The molecule has 2 fully saturated rings. The molecule has 1 aliphatic carbocycles. The van der Waals surface area contributed by atoms with Gasteiger partial charge in [-0.25, -0.2) is 0 Å². The number of aliphatic hydroxyl groups excluding tert-OH is 1. The molecule has 120 valence electrons. The fourth-order valence-electron chi connectivity index (χ4n) is 3.37. The molecule has 2 heteroatoms. The summed E-state index contributed by atoms with van der Waals surface area (Å²) < 4.78 is 0. The van der Waals surface area contributed by atoms with Gasteiger partial charge in [0.05, 0.1) is 6.10 Å². The van der Waals surface area contributed by atoms with Crippen molar-refractivity contribution in [3.05, 3.63) is 0 Å². The molecule has 0 aromatic rings. The fraction of sp³-hybridized carbons (Fsp3) is 1.00. The van der Waals surface area contributed by atoms with Crippen molar-refractivity contribution in [2.45, 2.75) is 91.7 Å². The number of nitrogens with zero attached hydrogens (tertiary/aromatic N) is 1. The second kappa shape index (κ2) is 8.38. The Balaban J connectivity index is 0.000000200. The van der Waals surface area contributed by atoms with Crippen molar-refractivity contribution < 1.29 is 5.11 Å². The predicted octanol–water partition coefficient (Wildman–Crippen LogP) is 4.46. The highest BCUT2D eigenvalue weighted by Gasteiger charge is 2.25. The first-order valence-electron chi connectivity index (χ1n) is 8.73. The van der Waals surface area contributed by atoms with Crippen LogP contribution in [-0.4, -0.2) is 35.2 Å². The Labute approximate surface area is 126 Å². The van der Waals surface area contributed by atoms with Gasteiger partial charge in [-0.3, -0.25) is 0 Å².